The molecule has 1 unspecified atom stereocenters. The molecule has 2 N–H and O–H groups in total. The number of nitrogens with zero attached hydrogens (tertiary/aromatic N) is 2. The average Bonchev–Trinajstić information content (AvgIpc) is 3.21. The van der Waals surface area contributed by atoms with Crippen molar-refractivity contribution < 1.29 is 14.0 Å². The topological polar surface area (TPSA) is 78.1 Å². The summed E-state index contributed by atoms with van der Waals surface area (Å²) in [5.74, 6) is 0.284. The highest BCUT2D eigenvalue weighted by Gasteiger charge is 2.30. The lowest BCUT2D eigenvalue weighted by Crippen LogP contribution is -2.44. The Morgan fingerprint density at radius 1 is 1.10 bits per heavy atom. The van der Waals surface area contributed by atoms with Gasteiger partial charge in [0.05, 0.1) is 17.1 Å². The van der Waals surface area contributed by atoms with E-state index in [0.717, 1.165) is 16.9 Å². The van der Waals surface area contributed by atoms with Gasteiger partial charge in [-0.05, 0) is 55.2 Å². The smallest absolute Gasteiger partial charge is 0.253 e. The Balaban J connectivity index is 1.38. The summed E-state index contributed by atoms with van der Waals surface area (Å²) in [6, 6.07) is 13.2. The molecule has 2 amide bonds. The van der Waals surface area contributed by atoms with Gasteiger partial charge >= 0.3 is 0 Å². The van der Waals surface area contributed by atoms with Crippen LogP contribution in [0.4, 0.5) is 4.39 Å². The number of piperidine rings is 1. The van der Waals surface area contributed by atoms with Crippen LogP contribution < -0.4 is 5.32 Å². The first-order valence-corrected chi connectivity index (χ1v) is 10.7. The number of para-hydroxylation sites is 2. The second-order valence-corrected chi connectivity index (χ2v) is 8.44. The molecule has 0 spiro atoms. The molecular formula is C24H27FN4O2. The number of hydrogen-bond acceptors (Lipinski definition) is 3. The summed E-state index contributed by atoms with van der Waals surface area (Å²) in [6.07, 6.45) is 1.20. The van der Waals surface area contributed by atoms with Crippen LogP contribution in [0, 0.1) is 17.7 Å². The molecule has 7 heteroatoms. The maximum atomic E-state index is 13.1. The SMILES string of the molecule is CC(C)C(NC(=O)C1CCN(C(=O)c2ccc(F)cc2)CC1)c1nc2ccccc2[nH]1. The van der Waals surface area contributed by atoms with E-state index in [9.17, 15) is 14.0 Å². The van der Waals surface area contributed by atoms with E-state index in [0.29, 0.717) is 31.5 Å². The number of imidazole rings is 1. The molecule has 4 rings (SSSR count). The van der Waals surface area contributed by atoms with Crippen molar-refractivity contribution in [1.82, 2.24) is 20.2 Å². The number of hydrogen-bond donors (Lipinski definition) is 2. The summed E-state index contributed by atoms with van der Waals surface area (Å²) in [5.41, 5.74) is 2.30. The van der Waals surface area contributed by atoms with Crippen LogP contribution in [0.25, 0.3) is 11.0 Å². The van der Waals surface area contributed by atoms with E-state index < -0.39 is 0 Å². The zero-order valence-corrected chi connectivity index (χ0v) is 17.8. The minimum absolute atomic E-state index is 0.00645. The van der Waals surface area contributed by atoms with Crippen LogP contribution in [-0.4, -0.2) is 39.8 Å². The van der Waals surface area contributed by atoms with E-state index in [1.165, 1.54) is 24.3 Å². The Hall–Kier alpha value is -3.22. The van der Waals surface area contributed by atoms with E-state index in [1.54, 1.807) is 4.90 Å². The summed E-state index contributed by atoms with van der Waals surface area (Å²) < 4.78 is 13.1. The zero-order chi connectivity index (χ0) is 22.0. The molecule has 6 nitrogen and oxygen atoms in total. The molecule has 1 fully saturated rings. The van der Waals surface area contributed by atoms with Gasteiger partial charge in [-0.25, -0.2) is 9.37 Å². The van der Waals surface area contributed by atoms with Crippen molar-refractivity contribution >= 4 is 22.8 Å². The lowest BCUT2D eigenvalue weighted by molar-refractivity contribution is -0.127. The quantitative estimate of drug-likeness (QED) is 0.651. The molecule has 0 bridgehead atoms. The van der Waals surface area contributed by atoms with Gasteiger partial charge in [0.1, 0.15) is 11.6 Å². The first kappa shape index (κ1) is 21.0. The monoisotopic (exact) mass is 422 g/mol. The molecule has 1 aliphatic heterocycles. The normalized spacial score (nSPS) is 15.9. The molecule has 1 atom stereocenters. The predicted octanol–water partition coefficient (Wildman–Crippen LogP) is 4.07. The Morgan fingerprint density at radius 3 is 2.42 bits per heavy atom. The molecule has 162 valence electrons. The van der Waals surface area contributed by atoms with Gasteiger partial charge in [0, 0.05) is 24.6 Å². The second kappa shape index (κ2) is 8.88. The Labute approximate surface area is 180 Å². The third-order valence-electron chi connectivity index (χ3n) is 5.91. The molecule has 0 saturated carbocycles. The predicted molar refractivity (Wildman–Crippen MR) is 117 cm³/mol. The maximum Gasteiger partial charge on any atom is 0.253 e. The fraction of sp³-hybridized carbons (Fsp3) is 0.375. The number of H-pyrrole nitrogens is 1. The van der Waals surface area contributed by atoms with Crippen molar-refractivity contribution in [2.24, 2.45) is 11.8 Å². The van der Waals surface area contributed by atoms with Crippen LogP contribution in [0.5, 0.6) is 0 Å². The number of amides is 2. The van der Waals surface area contributed by atoms with Gasteiger partial charge in [-0.3, -0.25) is 9.59 Å². The molecule has 1 aliphatic rings. The molecule has 0 aliphatic carbocycles. The number of halogens is 1. The van der Waals surface area contributed by atoms with Crippen LogP contribution in [0.2, 0.25) is 0 Å². The molecule has 3 aromatic rings. The van der Waals surface area contributed by atoms with Crippen molar-refractivity contribution in [1.29, 1.82) is 0 Å². The van der Waals surface area contributed by atoms with Gasteiger partial charge in [-0.2, -0.15) is 0 Å². The number of carbonyl (C=O) groups excluding carboxylic acids is 2. The highest BCUT2D eigenvalue weighted by atomic mass is 19.1. The molecule has 1 aromatic heterocycles. The summed E-state index contributed by atoms with van der Waals surface area (Å²) >= 11 is 0. The lowest BCUT2D eigenvalue weighted by atomic mass is 9.94. The van der Waals surface area contributed by atoms with Crippen LogP contribution in [0.3, 0.4) is 0 Å². The van der Waals surface area contributed by atoms with Gasteiger partial charge in [0.2, 0.25) is 5.91 Å². The lowest BCUT2D eigenvalue weighted by Gasteiger charge is -2.32. The van der Waals surface area contributed by atoms with Crippen LogP contribution in [0.1, 0.15) is 48.9 Å². The number of nitrogens with one attached hydrogen (secondary N) is 2. The molecule has 31 heavy (non-hydrogen) atoms. The minimum Gasteiger partial charge on any atom is -0.346 e. The second-order valence-electron chi connectivity index (χ2n) is 8.44. The summed E-state index contributed by atoms with van der Waals surface area (Å²) in [4.78, 5) is 35.3. The fourth-order valence-corrected chi connectivity index (χ4v) is 4.06. The van der Waals surface area contributed by atoms with E-state index in [-0.39, 0.29) is 35.5 Å². The van der Waals surface area contributed by atoms with Crippen molar-refractivity contribution in [3.63, 3.8) is 0 Å². The molecule has 0 radical (unpaired) electrons. The van der Waals surface area contributed by atoms with Crippen molar-refractivity contribution in [3.8, 4) is 0 Å². The number of aromatic nitrogens is 2. The van der Waals surface area contributed by atoms with Crippen LogP contribution in [-0.2, 0) is 4.79 Å². The number of benzene rings is 2. The maximum absolute atomic E-state index is 13.1. The third-order valence-corrected chi connectivity index (χ3v) is 5.91. The molecule has 2 heterocycles. The van der Waals surface area contributed by atoms with Crippen LogP contribution in [0.15, 0.2) is 48.5 Å². The van der Waals surface area contributed by atoms with Gasteiger partial charge < -0.3 is 15.2 Å². The van der Waals surface area contributed by atoms with Gasteiger partial charge in [-0.15, -0.1) is 0 Å². The van der Waals surface area contributed by atoms with Crippen molar-refractivity contribution in [2.75, 3.05) is 13.1 Å². The van der Waals surface area contributed by atoms with Gasteiger partial charge in [-0.1, -0.05) is 26.0 Å². The van der Waals surface area contributed by atoms with E-state index >= 15 is 0 Å². The van der Waals surface area contributed by atoms with Gasteiger partial charge in [0.25, 0.3) is 5.91 Å². The number of likely N-dealkylation sites (tertiary alicyclic amines) is 1. The standard InChI is InChI=1S/C24H27FN4O2/c1-15(2)21(22-26-19-5-3-4-6-20(19)27-22)28-23(30)16-11-13-29(14-12-16)24(31)17-7-9-18(25)10-8-17/h3-10,15-16,21H,11-14H2,1-2H3,(H,26,27)(H,28,30). The van der Waals surface area contributed by atoms with E-state index in [2.05, 4.69) is 29.1 Å². The van der Waals surface area contributed by atoms with Gasteiger partial charge in [0.15, 0.2) is 0 Å². The number of fused-ring (bicyclic) bond motifs is 1. The van der Waals surface area contributed by atoms with E-state index in [1.807, 2.05) is 24.3 Å². The highest BCUT2D eigenvalue weighted by Crippen LogP contribution is 2.25. The molecule has 1 saturated heterocycles. The highest BCUT2D eigenvalue weighted by molar-refractivity contribution is 5.94. The Morgan fingerprint density at radius 2 is 1.77 bits per heavy atom. The first-order valence-electron chi connectivity index (χ1n) is 10.7. The van der Waals surface area contributed by atoms with Crippen LogP contribution >= 0.6 is 0 Å². The first-order chi connectivity index (χ1) is 14.9. The summed E-state index contributed by atoms with van der Waals surface area (Å²) in [6.45, 7) is 5.13. The Kier molecular flexibility index (Phi) is 6.02. The molecule has 2 aromatic carbocycles. The fourth-order valence-electron chi connectivity index (χ4n) is 4.06. The summed E-state index contributed by atoms with van der Waals surface area (Å²) in [7, 11) is 0. The molecular weight excluding hydrogens is 395 g/mol. The van der Waals surface area contributed by atoms with Crippen molar-refractivity contribution in [2.45, 2.75) is 32.7 Å². The zero-order valence-electron chi connectivity index (χ0n) is 17.8. The Bertz CT molecular complexity index is 1040. The number of rotatable bonds is 5. The van der Waals surface area contributed by atoms with Crippen molar-refractivity contribution in [3.05, 3.63) is 65.7 Å². The average molecular weight is 423 g/mol. The number of carbonyl (C=O) groups is 2. The minimum atomic E-state index is -0.365. The number of aromatic amines is 1. The largest absolute Gasteiger partial charge is 0.346 e. The third kappa shape index (κ3) is 4.60. The summed E-state index contributed by atoms with van der Waals surface area (Å²) in [5, 5.41) is 3.17. The van der Waals surface area contributed by atoms with E-state index in [4.69, 9.17) is 0 Å².